The van der Waals surface area contributed by atoms with Crippen molar-refractivity contribution in [3.63, 3.8) is 0 Å². The van der Waals surface area contributed by atoms with E-state index in [9.17, 15) is 10.5 Å². The third-order valence-electron chi connectivity index (χ3n) is 5.37. The first kappa shape index (κ1) is 12.8. The Morgan fingerprint density at radius 1 is 1.37 bits per heavy atom. The lowest BCUT2D eigenvalue weighted by atomic mass is 9.85. The Morgan fingerprint density at radius 3 is 2.42 bits per heavy atom. The maximum atomic E-state index is 9.90. The van der Waals surface area contributed by atoms with Crippen LogP contribution in [0.25, 0.3) is 0 Å². The summed E-state index contributed by atoms with van der Waals surface area (Å²) in [6, 6.07) is 4.79. The normalized spacial score (nSPS) is 45.4. The van der Waals surface area contributed by atoms with Gasteiger partial charge in [0.05, 0.1) is 18.7 Å². The summed E-state index contributed by atoms with van der Waals surface area (Å²) >= 11 is 1.57. The number of rotatable bonds is 2. The van der Waals surface area contributed by atoms with Gasteiger partial charge in [-0.15, -0.1) is 0 Å². The van der Waals surface area contributed by atoms with Gasteiger partial charge in [-0.05, 0) is 12.8 Å². The molecule has 19 heavy (non-hydrogen) atoms. The van der Waals surface area contributed by atoms with E-state index in [4.69, 9.17) is 10.5 Å². The number of hydrogen-bond donors (Lipinski definition) is 2. The molecular formula is C13H17N4OS+. The topological polar surface area (TPSA) is 96.8 Å². The predicted octanol–water partition coefficient (Wildman–Crippen LogP) is -0.305. The number of nitriles is 2. The zero-order valence-corrected chi connectivity index (χ0v) is 11.9. The molecule has 3 aliphatic rings. The van der Waals surface area contributed by atoms with E-state index in [-0.39, 0.29) is 0 Å². The number of thioether (sulfide) groups is 1. The van der Waals surface area contributed by atoms with Gasteiger partial charge in [-0.1, -0.05) is 25.6 Å². The second-order valence-corrected chi connectivity index (χ2v) is 6.64. The lowest BCUT2D eigenvalue weighted by Gasteiger charge is -2.28. The van der Waals surface area contributed by atoms with E-state index in [2.05, 4.69) is 17.1 Å². The molecule has 2 heterocycles. The number of nitrogens with two attached hydrogens (primary N) is 1. The lowest BCUT2D eigenvalue weighted by molar-refractivity contribution is -0.585. The van der Waals surface area contributed by atoms with Gasteiger partial charge in [-0.2, -0.15) is 10.5 Å². The minimum Gasteiger partial charge on any atom is -0.327 e. The zero-order chi connectivity index (χ0) is 13.9. The van der Waals surface area contributed by atoms with Gasteiger partial charge < -0.3 is 4.74 Å². The third-order valence-corrected chi connectivity index (χ3v) is 6.67. The minimum atomic E-state index is -0.921. The highest BCUT2D eigenvalue weighted by atomic mass is 32.2. The van der Waals surface area contributed by atoms with E-state index < -0.39 is 21.3 Å². The average Bonchev–Trinajstić information content (AvgIpc) is 2.65. The molecular weight excluding hydrogens is 260 g/mol. The summed E-state index contributed by atoms with van der Waals surface area (Å²) in [6.07, 6.45) is 1.50. The van der Waals surface area contributed by atoms with Crippen molar-refractivity contribution in [1.82, 2.24) is 0 Å². The second-order valence-electron chi connectivity index (χ2n) is 5.37. The van der Waals surface area contributed by atoms with Gasteiger partial charge in [-0.25, -0.2) is 4.99 Å². The molecule has 2 aliphatic heterocycles. The minimum absolute atomic E-state index is 0.407. The summed E-state index contributed by atoms with van der Waals surface area (Å²) in [5.74, 6) is 1.23. The van der Waals surface area contributed by atoms with Crippen molar-refractivity contribution >= 4 is 17.6 Å². The first-order valence-corrected chi connectivity index (χ1v) is 7.58. The maximum Gasteiger partial charge on any atom is 0.277 e. The molecule has 0 amide bonds. The van der Waals surface area contributed by atoms with Crippen LogP contribution < -0.4 is 10.7 Å². The molecule has 0 aromatic rings. The van der Waals surface area contributed by atoms with Gasteiger partial charge in [0.1, 0.15) is 0 Å². The van der Waals surface area contributed by atoms with Gasteiger partial charge >= 0.3 is 0 Å². The molecule has 1 spiro atoms. The Labute approximate surface area is 116 Å². The monoisotopic (exact) mass is 277 g/mol. The van der Waals surface area contributed by atoms with Crippen molar-refractivity contribution < 1.29 is 9.73 Å². The fourth-order valence-corrected chi connectivity index (χ4v) is 6.02. The van der Waals surface area contributed by atoms with E-state index in [0.29, 0.717) is 12.4 Å². The first-order valence-electron chi connectivity index (χ1n) is 6.59. The molecule has 5 nitrogen and oxygen atoms in total. The molecule has 0 aromatic carbocycles. The molecule has 0 aromatic heterocycles. The Morgan fingerprint density at radius 2 is 2.05 bits per heavy atom. The van der Waals surface area contributed by atoms with Crippen LogP contribution in [0.5, 0.6) is 0 Å². The Hall–Kier alpha value is -1.24. The van der Waals surface area contributed by atoms with Crippen LogP contribution in [0.2, 0.25) is 0 Å². The second kappa shape index (κ2) is 3.45. The predicted molar refractivity (Wildman–Crippen MR) is 70.4 cm³/mol. The Balaban J connectivity index is 2.29. The molecule has 0 bridgehead atoms. The highest BCUT2D eigenvalue weighted by Gasteiger charge is 3.02. The fraction of sp³-hybridized carbons (Fsp3) is 0.769. The first-order chi connectivity index (χ1) is 9.08. The van der Waals surface area contributed by atoms with Crippen LogP contribution >= 0.6 is 11.8 Å². The van der Waals surface area contributed by atoms with E-state index >= 15 is 0 Å². The highest BCUT2D eigenvalue weighted by molar-refractivity contribution is 8.00. The Bertz CT molecular complexity index is 550. The third kappa shape index (κ3) is 0.871. The number of nitrogens with zero attached hydrogens (tertiary/aromatic N) is 2. The van der Waals surface area contributed by atoms with Gasteiger partial charge in [0.2, 0.25) is 0 Å². The number of hydrogen-bond acceptors (Lipinski definition) is 5. The standard InChI is InChI=1S/C13H16N4OS/c1-3-10(4-2)11(7-14)9(16)17-13(12(10,11)8-15)18-5-6-19-13/h3-6H2,1-2H3,(H2,16,17)/p+1/t11-,12+,13+/m0/s1. The lowest BCUT2D eigenvalue weighted by Crippen LogP contribution is -2.88. The molecule has 100 valence electrons. The molecule has 0 unspecified atom stereocenters. The number of nitrogens with one attached hydrogen (secondary N) is 1. The smallest absolute Gasteiger partial charge is 0.277 e. The van der Waals surface area contributed by atoms with Crippen molar-refractivity contribution in [2.75, 3.05) is 12.4 Å². The van der Waals surface area contributed by atoms with Crippen LogP contribution in [-0.2, 0) is 4.74 Å². The summed E-state index contributed by atoms with van der Waals surface area (Å²) in [4.78, 5) is 3.13. The van der Waals surface area contributed by atoms with Crippen molar-refractivity contribution in [2.45, 2.75) is 31.7 Å². The molecule has 0 radical (unpaired) electrons. The molecule has 1 aliphatic carbocycles. The van der Waals surface area contributed by atoms with Crippen LogP contribution in [0.3, 0.4) is 0 Å². The number of ether oxygens (including phenoxy) is 1. The summed E-state index contributed by atoms with van der Waals surface area (Å²) in [6.45, 7) is 4.64. The van der Waals surface area contributed by atoms with Crippen molar-refractivity contribution in [2.24, 2.45) is 22.0 Å². The summed E-state index contributed by atoms with van der Waals surface area (Å²) in [5, 5.41) is 18.8. The quantitative estimate of drug-likeness (QED) is 0.722. The van der Waals surface area contributed by atoms with E-state index in [1.165, 1.54) is 0 Å². The van der Waals surface area contributed by atoms with Gasteiger partial charge in [0.15, 0.2) is 10.8 Å². The summed E-state index contributed by atoms with van der Waals surface area (Å²) < 4.78 is 5.88. The number of amidine groups is 1. The van der Waals surface area contributed by atoms with E-state index in [1.807, 2.05) is 13.8 Å². The summed E-state index contributed by atoms with van der Waals surface area (Å²) in [5.41, 5.74) is 3.94. The molecule has 3 atom stereocenters. The largest absolute Gasteiger partial charge is 0.327 e. The SMILES string of the molecule is CCC1(CC)[C@@]2(C#N)[C@@]3([NH+]=C(N)[C@@]12C#N)OCCS3. The van der Waals surface area contributed by atoms with Crippen molar-refractivity contribution in [3.05, 3.63) is 0 Å². The molecule has 6 heteroatoms. The molecule has 3 rings (SSSR count). The molecule has 2 fully saturated rings. The van der Waals surface area contributed by atoms with Crippen LogP contribution in [0, 0.1) is 38.9 Å². The zero-order valence-electron chi connectivity index (χ0n) is 11.1. The average molecular weight is 277 g/mol. The van der Waals surface area contributed by atoms with Gasteiger partial charge in [0.25, 0.3) is 10.9 Å². The summed E-state index contributed by atoms with van der Waals surface area (Å²) in [7, 11) is 0. The van der Waals surface area contributed by atoms with Crippen LogP contribution in [-0.4, -0.2) is 23.3 Å². The van der Waals surface area contributed by atoms with Crippen LogP contribution in [0.15, 0.2) is 0 Å². The number of fused-ring (bicyclic) bond motifs is 2. The molecule has 1 saturated carbocycles. The molecule has 1 saturated heterocycles. The Kier molecular flexibility index (Phi) is 2.32. The van der Waals surface area contributed by atoms with Gasteiger partial charge in [0, 0.05) is 11.2 Å². The van der Waals surface area contributed by atoms with Crippen LogP contribution in [0.4, 0.5) is 0 Å². The maximum absolute atomic E-state index is 9.90. The fourth-order valence-electron chi connectivity index (χ4n) is 4.61. The highest BCUT2D eigenvalue weighted by Crippen LogP contribution is 2.86. The van der Waals surface area contributed by atoms with Crippen LogP contribution in [0.1, 0.15) is 26.7 Å². The van der Waals surface area contributed by atoms with E-state index in [0.717, 1.165) is 18.6 Å². The molecule has 3 N–H and O–H groups in total. The van der Waals surface area contributed by atoms with Crippen molar-refractivity contribution in [3.8, 4) is 12.1 Å². The van der Waals surface area contributed by atoms with Gasteiger partial charge in [-0.3, -0.25) is 5.73 Å². The van der Waals surface area contributed by atoms with Crippen molar-refractivity contribution in [1.29, 1.82) is 10.5 Å². The van der Waals surface area contributed by atoms with E-state index in [1.54, 1.807) is 11.8 Å².